The van der Waals surface area contributed by atoms with Gasteiger partial charge in [-0.1, -0.05) is 32.6 Å². The molecule has 0 aliphatic rings. The van der Waals surface area contributed by atoms with Crippen molar-refractivity contribution in [1.82, 2.24) is 0 Å². The molecule has 0 radical (unpaired) electrons. The number of hydrogen-bond acceptors (Lipinski definition) is 3. The maximum absolute atomic E-state index is 8.82. The third-order valence-electron chi connectivity index (χ3n) is 2.70. The lowest BCUT2D eigenvalue weighted by Gasteiger charge is -2.11. The fourth-order valence-corrected chi connectivity index (χ4v) is 2.51. The third-order valence-corrected chi connectivity index (χ3v) is 3.50. The molecule has 18 heavy (non-hydrogen) atoms. The molecule has 0 bridgehead atoms. The quantitative estimate of drug-likeness (QED) is 0.454. The molecule has 0 aromatic heterocycles. The summed E-state index contributed by atoms with van der Waals surface area (Å²) in [6.45, 7) is 2.89. The summed E-state index contributed by atoms with van der Waals surface area (Å²) >= 11 is 2.15. The molecule has 0 saturated carbocycles. The molecular weight excluding hydrogens is 339 g/mol. The van der Waals surface area contributed by atoms with E-state index in [0.717, 1.165) is 9.99 Å². The number of rotatable bonds is 7. The number of nitriles is 1. The Morgan fingerprint density at radius 3 is 2.61 bits per heavy atom. The summed E-state index contributed by atoms with van der Waals surface area (Å²) in [4.78, 5) is 0. The Morgan fingerprint density at radius 1 is 1.28 bits per heavy atom. The lowest BCUT2D eigenvalue weighted by Crippen LogP contribution is -2.02. The summed E-state index contributed by atoms with van der Waals surface area (Å²) < 4.78 is 6.61. The lowest BCUT2D eigenvalue weighted by atomic mass is 10.2. The van der Waals surface area contributed by atoms with E-state index >= 15 is 0 Å². The molecule has 0 saturated heterocycles. The van der Waals surface area contributed by atoms with Gasteiger partial charge in [-0.2, -0.15) is 5.26 Å². The van der Waals surface area contributed by atoms with Crippen molar-refractivity contribution in [3.8, 4) is 11.8 Å². The lowest BCUT2D eigenvalue weighted by molar-refractivity contribution is 0.304. The molecule has 0 spiro atoms. The number of halogens is 1. The zero-order chi connectivity index (χ0) is 13.4. The average molecular weight is 358 g/mol. The first-order chi connectivity index (χ1) is 8.69. The highest BCUT2D eigenvalue weighted by atomic mass is 127. The number of unbranched alkanes of at least 4 members (excludes halogenated alkanes) is 4. The molecule has 3 nitrogen and oxygen atoms in total. The smallest absolute Gasteiger partial charge is 0.155 e. The Morgan fingerprint density at radius 2 is 2.00 bits per heavy atom. The molecule has 0 fully saturated rings. The normalized spacial score (nSPS) is 10.1. The van der Waals surface area contributed by atoms with Crippen molar-refractivity contribution in [2.45, 2.75) is 39.0 Å². The second-order valence-corrected chi connectivity index (χ2v) is 5.41. The van der Waals surface area contributed by atoms with E-state index in [1.807, 2.05) is 0 Å². The molecule has 0 unspecified atom stereocenters. The number of hydrogen-bond donors (Lipinski definition) is 1. The van der Waals surface area contributed by atoms with Gasteiger partial charge in [0, 0.05) is 0 Å². The summed E-state index contributed by atoms with van der Waals surface area (Å²) in [5.41, 5.74) is 7.00. The Balaban J connectivity index is 2.45. The number of nitrogens with two attached hydrogens (primary N) is 1. The average Bonchev–Trinajstić information content (AvgIpc) is 2.35. The molecule has 0 heterocycles. The standard InChI is InChI=1S/C14H19IN2O/c1-2-3-4-5-6-7-18-14-12(15)8-11(10-16)9-13(14)17/h8-9H,2-7,17H2,1H3. The van der Waals surface area contributed by atoms with Crippen LogP contribution in [0.25, 0.3) is 0 Å². The first kappa shape index (κ1) is 15.1. The third kappa shape index (κ3) is 4.73. The van der Waals surface area contributed by atoms with Crippen molar-refractivity contribution in [3.05, 3.63) is 21.3 Å². The van der Waals surface area contributed by atoms with Crippen LogP contribution in [0, 0.1) is 14.9 Å². The minimum absolute atomic E-state index is 0.548. The summed E-state index contributed by atoms with van der Waals surface area (Å²) in [6.07, 6.45) is 6.05. The second kappa shape index (κ2) is 8.20. The van der Waals surface area contributed by atoms with E-state index < -0.39 is 0 Å². The van der Waals surface area contributed by atoms with E-state index in [9.17, 15) is 0 Å². The molecule has 0 amide bonds. The van der Waals surface area contributed by atoms with E-state index in [0.29, 0.717) is 23.6 Å². The number of ether oxygens (including phenoxy) is 1. The topological polar surface area (TPSA) is 59.0 Å². The summed E-state index contributed by atoms with van der Waals surface area (Å²) in [7, 11) is 0. The first-order valence-electron chi connectivity index (χ1n) is 6.31. The fourth-order valence-electron chi connectivity index (χ4n) is 1.71. The van der Waals surface area contributed by atoms with E-state index in [2.05, 4.69) is 35.6 Å². The molecule has 0 aliphatic heterocycles. The molecule has 1 rings (SSSR count). The molecule has 0 aliphatic carbocycles. The molecule has 0 atom stereocenters. The van der Waals surface area contributed by atoms with E-state index in [4.69, 9.17) is 15.7 Å². The van der Waals surface area contributed by atoms with Gasteiger partial charge >= 0.3 is 0 Å². The van der Waals surface area contributed by atoms with Gasteiger partial charge in [0.2, 0.25) is 0 Å². The van der Waals surface area contributed by atoms with Crippen molar-refractivity contribution in [1.29, 1.82) is 5.26 Å². The minimum atomic E-state index is 0.548. The van der Waals surface area contributed by atoms with Gasteiger partial charge in [-0.3, -0.25) is 0 Å². The van der Waals surface area contributed by atoms with Crippen LogP contribution < -0.4 is 10.5 Å². The maximum atomic E-state index is 8.82. The second-order valence-electron chi connectivity index (χ2n) is 4.25. The van der Waals surface area contributed by atoms with Gasteiger partial charge in [0.1, 0.15) is 0 Å². The fraction of sp³-hybridized carbons (Fsp3) is 0.500. The van der Waals surface area contributed by atoms with Gasteiger partial charge in [0.15, 0.2) is 5.75 Å². The van der Waals surface area contributed by atoms with Crippen LogP contribution in [0.4, 0.5) is 5.69 Å². The minimum Gasteiger partial charge on any atom is -0.490 e. The van der Waals surface area contributed by atoms with Crippen LogP contribution >= 0.6 is 22.6 Å². The molecule has 98 valence electrons. The van der Waals surface area contributed by atoms with Crippen LogP contribution in [-0.2, 0) is 0 Å². The predicted molar refractivity (Wildman–Crippen MR) is 82.5 cm³/mol. The van der Waals surface area contributed by atoms with Crippen LogP contribution in [-0.4, -0.2) is 6.61 Å². The number of nitrogen functional groups attached to an aromatic ring is 1. The highest BCUT2D eigenvalue weighted by Gasteiger charge is 2.08. The van der Waals surface area contributed by atoms with Crippen molar-refractivity contribution in [2.24, 2.45) is 0 Å². The molecular formula is C14H19IN2O. The maximum Gasteiger partial charge on any atom is 0.155 e. The predicted octanol–water partition coefficient (Wildman–Crippen LogP) is 4.09. The Hall–Kier alpha value is -0.960. The monoisotopic (exact) mass is 358 g/mol. The Bertz CT molecular complexity index is 403. The van der Waals surface area contributed by atoms with Crippen LogP contribution in [0.1, 0.15) is 44.6 Å². The Kier molecular flexibility index (Phi) is 6.88. The largest absolute Gasteiger partial charge is 0.490 e. The van der Waals surface area contributed by atoms with Crippen LogP contribution in [0.2, 0.25) is 0 Å². The summed E-state index contributed by atoms with van der Waals surface area (Å²) in [5.74, 6) is 0.713. The summed E-state index contributed by atoms with van der Waals surface area (Å²) in [5, 5.41) is 8.82. The Labute approximate surface area is 122 Å². The van der Waals surface area contributed by atoms with Gasteiger partial charge in [-0.15, -0.1) is 0 Å². The zero-order valence-electron chi connectivity index (χ0n) is 10.7. The van der Waals surface area contributed by atoms with Gasteiger partial charge < -0.3 is 10.5 Å². The van der Waals surface area contributed by atoms with Crippen molar-refractivity contribution in [3.63, 3.8) is 0 Å². The van der Waals surface area contributed by atoms with Gasteiger partial charge in [-0.25, -0.2) is 0 Å². The van der Waals surface area contributed by atoms with Gasteiger partial charge in [-0.05, 0) is 41.1 Å². The molecule has 4 heteroatoms. The van der Waals surface area contributed by atoms with Crippen LogP contribution in [0.15, 0.2) is 12.1 Å². The zero-order valence-corrected chi connectivity index (χ0v) is 12.9. The number of anilines is 1. The number of benzene rings is 1. The van der Waals surface area contributed by atoms with Crippen molar-refractivity contribution >= 4 is 28.3 Å². The molecule has 1 aromatic rings. The summed E-state index contributed by atoms with van der Waals surface area (Å²) in [6, 6.07) is 5.54. The van der Waals surface area contributed by atoms with Crippen molar-refractivity contribution < 1.29 is 4.74 Å². The molecule has 1 aromatic carbocycles. The van der Waals surface area contributed by atoms with Gasteiger partial charge in [0.05, 0.1) is 27.5 Å². The van der Waals surface area contributed by atoms with Crippen LogP contribution in [0.3, 0.4) is 0 Å². The van der Waals surface area contributed by atoms with E-state index in [-0.39, 0.29) is 0 Å². The van der Waals surface area contributed by atoms with E-state index in [1.54, 1.807) is 12.1 Å². The van der Waals surface area contributed by atoms with Crippen LogP contribution in [0.5, 0.6) is 5.75 Å². The number of nitrogens with zero attached hydrogens (tertiary/aromatic N) is 1. The SMILES string of the molecule is CCCCCCCOc1c(N)cc(C#N)cc1I. The van der Waals surface area contributed by atoms with E-state index in [1.165, 1.54) is 25.7 Å². The highest BCUT2D eigenvalue weighted by Crippen LogP contribution is 2.29. The van der Waals surface area contributed by atoms with Crippen molar-refractivity contribution in [2.75, 3.05) is 12.3 Å². The first-order valence-corrected chi connectivity index (χ1v) is 7.38. The molecule has 2 N–H and O–H groups in total. The highest BCUT2D eigenvalue weighted by molar-refractivity contribution is 14.1. The van der Waals surface area contributed by atoms with Gasteiger partial charge in [0.25, 0.3) is 0 Å².